The second-order valence-electron chi connectivity index (χ2n) is 8.21. The van der Waals surface area contributed by atoms with Gasteiger partial charge in [0.2, 0.25) is 5.91 Å². The van der Waals surface area contributed by atoms with Crippen molar-refractivity contribution in [1.82, 2.24) is 4.90 Å². The Morgan fingerprint density at radius 3 is 2.21 bits per heavy atom. The Morgan fingerprint density at radius 1 is 1.12 bits per heavy atom. The van der Waals surface area contributed by atoms with Gasteiger partial charge in [-0.15, -0.1) is 0 Å². The molecule has 2 aliphatic rings. The van der Waals surface area contributed by atoms with E-state index in [1.54, 1.807) is 9.80 Å². The van der Waals surface area contributed by atoms with E-state index in [0.29, 0.717) is 57.6 Å². The molecule has 3 N–H and O–H groups in total. The van der Waals surface area contributed by atoms with Gasteiger partial charge in [-0.05, 0) is 26.7 Å². The highest BCUT2D eigenvalue weighted by molar-refractivity contribution is 7.59. The number of aliphatic hydroxyl groups excluding tert-OH is 1. The van der Waals surface area contributed by atoms with Gasteiger partial charge in [-0.25, -0.2) is 13.6 Å². The van der Waals surface area contributed by atoms with Crippen LogP contribution in [0.5, 0.6) is 0 Å². The number of benzene rings is 1. The molecule has 2 aliphatic heterocycles. The minimum absolute atomic E-state index is 0. The number of aliphatic hydroxyl groups is 1. The molecule has 0 saturated carbocycles. The number of ether oxygens (including phenoxy) is 1. The highest BCUT2D eigenvalue weighted by Gasteiger charge is 2.23. The fraction of sp³-hybridized carbons (Fsp3) is 0.591. The summed E-state index contributed by atoms with van der Waals surface area (Å²) in [7, 11) is 0. The molecule has 1 aromatic carbocycles. The quantitative estimate of drug-likeness (QED) is 0.602. The van der Waals surface area contributed by atoms with E-state index in [1.807, 2.05) is 13.8 Å². The zero-order valence-electron chi connectivity index (χ0n) is 19.3. The van der Waals surface area contributed by atoms with E-state index >= 15 is 0 Å². The molecule has 0 aliphatic carbocycles. The molecule has 2 heterocycles. The Morgan fingerprint density at radius 2 is 1.70 bits per heavy atom. The zero-order valence-corrected chi connectivity index (χ0v) is 20.3. The van der Waals surface area contributed by atoms with Crippen LogP contribution in [-0.2, 0) is 9.53 Å². The predicted octanol–water partition coefficient (Wildman–Crippen LogP) is 3.64. The minimum Gasteiger partial charge on any atom is -0.447 e. The fourth-order valence-electron chi connectivity index (χ4n) is 3.41. The second-order valence-corrected chi connectivity index (χ2v) is 8.21. The maximum atomic E-state index is 13.9. The van der Waals surface area contributed by atoms with Crippen molar-refractivity contribution >= 4 is 42.6 Å². The van der Waals surface area contributed by atoms with Crippen LogP contribution in [-0.4, -0.2) is 66.1 Å². The van der Waals surface area contributed by atoms with Crippen molar-refractivity contribution in [3.63, 3.8) is 0 Å². The molecule has 186 valence electrons. The smallest absolute Gasteiger partial charge is 0.410 e. The lowest BCUT2D eigenvalue weighted by atomic mass is 10.1. The largest absolute Gasteiger partial charge is 0.447 e. The summed E-state index contributed by atoms with van der Waals surface area (Å²) in [4.78, 5) is 25.6. The van der Waals surface area contributed by atoms with Crippen LogP contribution in [0.3, 0.4) is 0 Å². The predicted molar refractivity (Wildman–Crippen MR) is 129 cm³/mol. The normalized spacial score (nSPS) is 16.5. The number of nitrogens with one attached hydrogen (secondary N) is 2. The van der Waals surface area contributed by atoms with Crippen LogP contribution in [0, 0.1) is 17.0 Å². The van der Waals surface area contributed by atoms with Crippen LogP contribution in [0.1, 0.15) is 46.5 Å². The fourth-order valence-corrected chi connectivity index (χ4v) is 3.41. The Balaban J connectivity index is 0.000000343. The van der Waals surface area contributed by atoms with E-state index in [1.165, 1.54) is 6.92 Å². The average molecular weight is 489 g/mol. The number of piperidine rings is 2. The maximum absolute atomic E-state index is 13.9. The summed E-state index contributed by atoms with van der Waals surface area (Å²) in [5.41, 5.74) is 0.657. The molecule has 2 fully saturated rings. The number of halogens is 2. The third-order valence-corrected chi connectivity index (χ3v) is 5.11. The van der Waals surface area contributed by atoms with Gasteiger partial charge in [-0.3, -0.25) is 4.79 Å². The van der Waals surface area contributed by atoms with Gasteiger partial charge in [0.1, 0.15) is 11.6 Å². The first kappa shape index (κ1) is 28.6. The van der Waals surface area contributed by atoms with Crippen molar-refractivity contribution in [3.05, 3.63) is 23.8 Å². The number of carbonyl (C=O) groups is 2. The number of hydrogen-bond acceptors (Lipinski definition) is 6. The Bertz CT molecular complexity index is 823. The number of carbonyl (C=O) groups excluding carboxylic acids is 2. The number of anilines is 2. The van der Waals surface area contributed by atoms with Gasteiger partial charge < -0.3 is 30.4 Å². The summed E-state index contributed by atoms with van der Waals surface area (Å²) in [6.45, 7) is 7.12. The molecule has 0 unspecified atom stereocenters. The first-order valence-corrected chi connectivity index (χ1v) is 10.8. The molecule has 3 rings (SSSR count). The van der Waals surface area contributed by atoms with Gasteiger partial charge in [-0.1, -0.05) is 0 Å². The third-order valence-electron chi connectivity index (χ3n) is 5.11. The summed E-state index contributed by atoms with van der Waals surface area (Å²) in [6.07, 6.45) is 1.87. The standard InChI is InChI=1S/C13H15F2N3O.C9H17NO3.H2S/c1-8(19)17-12-6-11(15)13(7-10(12)14)18-4-2-9(16)3-5-18;1-7(2)13-9(12)10-5-3-8(11)4-6-10;/h6-7,16H,2-5H2,1H3,(H,17,19);7-8,11H,3-6H2,1-2H3;1H2. The molecule has 2 amide bonds. The monoisotopic (exact) mass is 488 g/mol. The van der Waals surface area contributed by atoms with Gasteiger partial charge in [0, 0.05) is 63.8 Å². The van der Waals surface area contributed by atoms with Crippen LogP contribution >= 0.6 is 13.5 Å². The lowest BCUT2D eigenvalue weighted by molar-refractivity contribution is -0.114. The minimum atomic E-state index is -0.660. The molecule has 2 saturated heterocycles. The Labute approximate surface area is 200 Å². The summed E-state index contributed by atoms with van der Waals surface area (Å²) >= 11 is 0. The summed E-state index contributed by atoms with van der Waals surface area (Å²) in [5.74, 6) is -1.68. The zero-order chi connectivity index (χ0) is 23.8. The number of rotatable bonds is 3. The molecule has 1 aromatic rings. The highest BCUT2D eigenvalue weighted by Crippen LogP contribution is 2.27. The Hall–Kier alpha value is -2.40. The van der Waals surface area contributed by atoms with Crippen LogP contribution < -0.4 is 10.2 Å². The molecule has 11 heteroatoms. The molecule has 0 bridgehead atoms. The Kier molecular flexibility index (Phi) is 11.6. The van der Waals surface area contributed by atoms with Crippen molar-refractivity contribution in [1.29, 1.82) is 5.41 Å². The van der Waals surface area contributed by atoms with E-state index in [0.717, 1.165) is 12.1 Å². The topological polar surface area (TPSA) is 106 Å². The van der Waals surface area contributed by atoms with Crippen molar-refractivity contribution < 1.29 is 28.2 Å². The van der Waals surface area contributed by atoms with Gasteiger partial charge in [0.25, 0.3) is 0 Å². The number of amides is 2. The van der Waals surface area contributed by atoms with Crippen molar-refractivity contribution in [2.75, 3.05) is 36.4 Å². The number of nitrogens with zero attached hydrogens (tertiary/aromatic N) is 2. The van der Waals surface area contributed by atoms with E-state index in [9.17, 15) is 23.5 Å². The summed E-state index contributed by atoms with van der Waals surface area (Å²) < 4.78 is 32.8. The molecule has 8 nitrogen and oxygen atoms in total. The molecule has 0 spiro atoms. The summed E-state index contributed by atoms with van der Waals surface area (Å²) in [5, 5.41) is 19.0. The maximum Gasteiger partial charge on any atom is 0.410 e. The van der Waals surface area contributed by atoms with Gasteiger partial charge in [0.15, 0.2) is 0 Å². The molecule has 0 aromatic heterocycles. The van der Waals surface area contributed by atoms with Crippen molar-refractivity contribution in [2.45, 2.75) is 58.7 Å². The second kappa shape index (κ2) is 13.3. The van der Waals surface area contributed by atoms with Gasteiger partial charge in [-0.2, -0.15) is 13.5 Å². The SMILES string of the molecule is CC(=O)Nc1cc(F)c(N2CCC(=N)CC2)cc1F.CC(C)OC(=O)N1CCC(O)CC1.S. The lowest BCUT2D eigenvalue weighted by Gasteiger charge is -2.29. The van der Waals surface area contributed by atoms with E-state index in [2.05, 4.69) is 5.32 Å². The first-order chi connectivity index (χ1) is 15.1. The average Bonchev–Trinajstić information content (AvgIpc) is 2.71. The van der Waals surface area contributed by atoms with Crippen molar-refractivity contribution in [2.24, 2.45) is 0 Å². The molecule has 0 radical (unpaired) electrons. The van der Waals surface area contributed by atoms with E-state index in [4.69, 9.17) is 10.1 Å². The van der Waals surface area contributed by atoms with Crippen LogP contribution in [0.15, 0.2) is 12.1 Å². The van der Waals surface area contributed by atoms with Crippen LogP contribution in [0.25, 0.3) is 0 Å². The van der Waals surface area contributed by atoms with E-state index < -0.39 is 17.5 Å². The van der Waals surface area contributed by atoms with Gasteiger partial charge >= 0.3 is 6.09 Å². The lowest BCUT2D eigenvalue weighted by Crippen LogP contribution is -2.41. The molecule has 0 atom stereocenters. The molecular formula is C22H34F2N4O4S. The first-order valence-electron chi connectivity index (χ1n) is 10.8. The number of likely N-dealkylation sites (tertiary alicyclic amines) is 1. The third kappa shape index (κ3) is 9.17. The van der Waals surface area contributed by atoms with Crippen LogP contribution in [0.2, 0.25) is 0 Å². The highest BCUT2D eigenvalue weighted by atomic mass is 32.1. The van der Waals surface area contributed by atoms with Crippen LogP contribution in [0.4, 0.5) is 25.0 Å². The molecule has 33 heavy (non-hydrogen) atoms. The molecular weight excluding hydrogens is 454 g/mol. The number of hydrogen-bond donors (Lipinski definition) is 3. The van der Waals surface area contributed by atoms with Gasteiger partial charge in [0.05, 0.1) is 23.6 Å². The van der Waals surface area contributed by atoms with Crippen molar-refractivity contribution in [3.8, 4) is 0 Å². The summed E-state index contributed by atoms with van der Waals surface area (Å²) in [6, 6.07) is 2.08. The van der Waals surface area contributed by atoms with E-state index in [-0.39, 0.29) is 43.2 Å².